The van der Waals surface area contributed by atoms with Gasteiger partial charge in [0.25, 0.3) is 0 Å². The second-order valence-electron chi connectivity index (χ2n) is 3.11. The molecule has 1 aromatic rings. The molecular weight excluding hydrogens is 226 g/mol. The number of rotatable bonds is 4. The molecule has 0 radical (unpaired) electrons. The number of hydrogen-bond acceptors (Lipinski definition) is 5. The molecule has 86 valence electrons. The van der Waals surface area contributed by atoms with E-state index < -0.39 is 5.97 Å². The van der Waals surface area contributed by atoms with E-state index in [2.05, 4.69) is 4.99 Å². The van der Waals surface area contributed by atoms with Gasteiger partial charge in [0.15, 0.2) is 0 Å². The summed E-state index contributed by atoms with van der Waals surface area (Å²) in [6.07, 6.45) is 2.27. The molecule has 1 rings (SSSR count). The largest absolute Gasteiger partial charge is 0.462 e. The second kappa shape index (κ2) is 5.58. The van der Waals surface area contributed by atoms with E-state index in [1.807, 2.05) is 13.8 Å². The van der Waals surface area contributed by atoms with Crippen LogP contribution >= 0.6 is 11.3 Å². The molecule has 0 N–H and O–H groups in total. The minimum atomic E-state index is -0.426. The van der Waals surface area contributed by atoms with Crippen molar-refractivity contribution in [3.05, 3.63) is 16.0 Å². The first-order chi connectivity index (χ1) is 7.65. The van der Waals surface area contributed by atoms with E-state index in [1.54, 1.807) is 6.92 Å². The summed E-state index contributed by atoms with van der Waals surface area (Å²) in [7, 11) is 0. The molecule has 0 unspecified atom stereocenters. The van der Waals surface area contributed by atoms with E-state index >= 15 is 0 Å². The van der Waals surface area contributed by atoms with Crippen molar-refractivity contribution in [1.82, 2.24) is 0 Å². The fourth-order valence-electron chi connectivity index (χ4n) is 1.45. The van der Waals surface area contributed by atoms with Crippen LogP contribution in [0.1, 0.15) is 34.6 Å². The first-order valence-corrected chi connectivity index (χ1v) is 5.84. The highest BCUT2D eigenvalue weighted by atomic mass is 32.1. The fraction of sp³-hybridized carbons (Fsp3) is 0.455. The van der Waals surface area contributed by atoms with E-state index in [-0.39, 0.29) is 0 Å². The van der Waals surface area contributed by atoms with Crippen LogP contribution in [0.4, 0.5) is 5.00 Å². The molecule has 0 fully saturated rings. The average Bonchev–Trinajstić information content (AvgIpc) is 2.56. The number of ether oxygens (including phenoxy) is 1. The Morgan fingerprint density at radius 1 is 1.50 bits per heavy atom. The maximum atomic E-state index is 11.7. The molecule has 5 heteroatoms. The van der Waals surface area contributed by atoms with E-state index in [9.17, 15) is 9.59 Å². The number of hydrogen-bond donors (Lipinski definition) is 0. The van der Waals surface area contributed by atoms with Gasteiger partial charge in [-0.3, -0.25) is 0 Å². The predicted molar refractivity (Wildman–Crippen MR) is 62.2 cm³/mol. The summed E-state index contributed by atoms with van der Waals surface area (Å²) in [4.78, 5) is 26.6. The first kappa shape index (κ1) is 12.6. The van der Waals surface area contributed by atoms with Gasteiger partial charge < -0.3 is 4.74 Å². The van der Waals surface area contributed by atoms with Crippen LogP contribution in [0.5, 0.6) is 0 Å². The molecule has 0 aliphatic carbocycles. The molecule has 0 spiro atoms. The minimum Gasteiger partial charge on any atom is -0.462 e. The van der Waals surface area contributed by atoms with Crippen LogP contribution in [0.15, 0.2) is 4.99 Å². The van der Waals surface area contributed by atoms with Gasteiger partial charge in [-0.05, 0) is 25.8 Å². The third-order valence-corrected chi connectivity index (χ3v) is 3.50. The monoisotopic (exact) mass is 239 g/mol. The van der Waals surface area contributed by atoms with Crippen molar-refractivity contribution in [2.75, 3.05) is 6.61 Å². The topological polar surface area (TPSA) is 55.7 Å². The van der Waals surface area contributed by atoms with Gasteiger partial charge in [0.2, 0.25) is 6.08 Å². The number of esters is 1. The molecule has 0 saturated heterocycles. The number of nitrogens with zero attached hydrogens (tertiary/aromatic N) is 1. The molecule has 0 saturated carbocycles. The van der Waals surface area contributed by atoms with Crippen LogP contribution in [-0.4, -0.2) is 18.7 Å². The van der Waals surface area contributed by atoms with Gasteiger partial charge in [0.05, 0.1) is 6.61 Å². The number of carbonyl (C=O) groups is 1. The highest BCUT2D eigenvalue weighted by Crippen LogP contribution is 2.35. The van der Waals surface area contributed by atoms with Crippen molar-refractivity contribution in [3.63, 3.8) is 0 Å². The predicted octanol–water partition coefficient (Wildman–Crippen LogP) is 2.76. The smallest absolute Gasteiger partial charge is 0.341 e. The summed E-state index contributed by atoms with van der Waals surface area (Å²) in [6, 6.07) is 0. The number of aliphatic imine (C=N–C) groups is 1. The summed E-state index contributed by atoms with van der Waals surface area (Å²) in [5.74, 6) is -0.426. The Morgan fingerprint density at radius 2 is 2.19 bits per heavy atom. The summed E-state index contributed by atoms with van der Waals surface area (Å²) in [5, 5.41) is 0.391. The SMILES string of the molecule is CCOC(=O)c1c(N=C=O)sc(CC)c1C. The molecule has 0 aliphatic rings. The van der Waals surface area contributed by atoms with Crippen LogP contribution in [0, 0.1) is 6.92 Å². The van der Waals surface area contributed by atoms with Crippen LogP contribution < -0.4 is 0 Å². The summed E-state index contributed by atoms with van der Waals surface area (Å²) < 4.78 is 4.93. The Balaban J connectivity index is 3.27. The Hall–Kier alpha value is -1.45. The van der Waals surface area contributed by atoms with Crippen molar-refractivity contribution < 1.29 is 14.3 Å². The zero-order valence-electron chi connectivity index (χ0n) is 9.49. The Bertz CT molecular complexity index is 444. The third-order valence-electron chi connectivity index (χ3n) is 2.17. The molecule has 1 heterocycles. The van der Waals surface area contributed by atoms with Crippen molar-refractivity contribution in [2.24, 2.45) is 4.99 Å². The van der Waals surface area contributed by atoms with E-state index in [4.69, 9.17) is 4.74 Å². The maximum Gasteiger partial charge on any atom is 0.341 e. The molecule has 4 nitrogen and oxygen atoms in total. The van der Waals surface area contributed by atoms with Crippen LogP contribution in [0.2, 0.25) is 0 Å². The van der Waals surface area contributed by atoms with Gasteiger partial charge >= 0.3 is 5.97 Å². The molecule has 16 heavy (non-hydrogen) atoms. The van der Waals surface area contributed by atoms with E-state index in [0.717, 1.165) is 16.9 Å². The van der Waals surface area contributed by atoms with E-state index in [0.29, 0.717) is 17.2 Å². The first-order valence-electron chi connectivity index (χ1n) is 5.02. The quantitative estimate of drug-likeness (QED) is 0.461. The van der Waals surface area contributed by atoms with Crippen LogP contribution in [-0.2, 0) is 16.0 Å². The normalized spacial score (nSPS) is 9.69. The molecular formula is C11H13NO3S. The van der Waals surface area contributed by atoms with Crippen LogP contribution in [0.3, 0.4) is 0 Å². The van der Waals surface area contributed by atoms with Gasteiger partial charge in [-0.2, -0.15) is 4.99 Å². The lowest BCUT2D eigenvalue weighted by Crippen LogP contribution is -2.05. The minimum absolute atomic E-state index is 0.305. The molecule has 0 atom stereocenters. The standard InChI is InChI=1S/C11H13NO3S/c1-4-8-7(3)9(11(14)15-5-2)10(16-8)12-6-13/h4-5H2,1-3H3. The molecule has 0 bridgehead atoms. The number of thiophene rings is 1. The Kier molecular flexibility index (Phi) is 4.40. The second-order valence-corrected chi connectivity index (χ2v) is 4.19. The maximum absolute atomic E-state index is 11.7. The number of aryl methyl sites for hydroxylation is 1. The van der Waals surface area contributed by atoms with Gasteiger partial charge in [-0.1, -0.05) is 6.92 Å². The van der Waals surface area contributed by atoms with Crippen molar-refractivity contribution >= 4 is 28.4 Å². The number of carbonyl (C=O) groups excluding carboxylic acids is 2. The Morgan fingerprint density at radius 3 is 2.69 bits per heavy atom. The summed E-state index contributed by atoms with van der Waals surface area (Å²) in [5.41, 5.74) is 1.24. The lowest BCUT2D eigenvalue weighted by molar-refractivity contribution is 0.0527. The summed E-state index contributed by atoms with van der Waals surface area (Å²) >= 11 is 1.33. The van der Waals surface area contributed by atoms with Gasteiger partial charge in [-0.25, -0.2) is 9.59 Å². The zero-order valence-corrected chi connectivity index (χ0v) is 10.3. The summed E-state index contributed by atoms with van der Waals surface area (Å²) in [6.45, 7) is 5.87. The van der Waals surface area contributed by atoms with Crippen molar-refractivity contribution in [3.8, 4) is 0 Å². The fourth-order valence-corrected chi connectivity index (χ4v) is 2.50. The highest BCUT2D eigenvalue weighted by molar-refractivity contribution is 7.16. The van der Waals surface area contributed by atoms with Gasteiger partial charge in [0, 0.05) is 4.88 Å². The van der Waals surface area contributed by atoms with Gasteiger partial charge in [-0.15, -0.1) is 11.3 Å². The number of isocyanates is 1. The van der Waals surface area contributed by atoms with Crippen molar-refractivity contribution in [2.45, 2.75) is 27.2 Å². The molecule has 1 aromatic heterocycles. The molecule has 0 aromatic carbocycles. The van der Waals surface area contributed by atoms with Crippen LogP contribution in [0.25, 0.3) is 0 Å². The average molecular weight is 239 g/mol. The highest BCUT2D eigenvalue weighted by Gasteiger charge is 2.21. The Labute approximate surface area is 98.0 Å². The van der Waals surface area contributed by atoms with Gasteiger partial charge in [0.1, 0.15) is 10.6 Å². The lowest BCUT2D eigenvalue weighted by atomic mass is 10.1. The molecule has 0 amide bonds. The third kappa shape index (κ3) is 2.38. The lowest BCUT2D eigenvalue weighted by Gasteiger charge is -2.01. The zero-order chi connectivity index (χ0) is 12.1. The van der Waals surface area contributed by atoms with Crippen molar-refractivity contribution in [1.29, 1.82) is 0 Å². The van der Waals surface area contributed by atoms with E-state index in [1.165, 1.54) is 17.4 Å². The molecule has 0 aliphatic heterocycles.